The topological polar surface area (TPSA) is 93.3 Å². The van der Waals surface area contributed by atoms with Crippen molar-refractivity contribution in [3.05, 3.63) is 65.1 Å². The van der Waals surface area contributed by atoms with Crippen LogP contribution in [-0.4, -0.2) is 37.8 Å². The summed E-state index contributed by atoms with van der Waals surface area (Å²) in [6.07, 6.45) is 3.56. The van der Waals surface area contributed by atoms with Crippen LogP contribution in [-0.2, 0) is 13.1 Å². The molecule has 3 aromatic rings. The molecule has 0 unspecified atom stereocenters. The maximum Gasteiger partial charge on any atom is 0.258 e. The molecule has 1 amide bonds. The molecule has 0 radical (unpaired) electrons. The van der Waals surface area contributed by atoms with Crippen molar-refractivity contribution in [3.8, 4) is 23.4 Å². The second-order valence-corrected chi connectivity index (χ2v) is 8.22. The summed E-state index contributed by atoms with van der Waals surface area (Å²) in [5, 5.41) is 13.9. The molecule has 0 N–H and O–H groups in total. The second-order valence-electron chi connectivity index (χ2n) is 8.22. The van der Waals surface area contributed by atoms with Crippen molar-refractivity contribution in [2.75, 3.05) is 0 Å². The number of aromatic nitrogens is 3. The lowest BCUT2D eigenvalue weighted by Gasteiger charge is -2.19. The summed E-state index contributed by atoms with van der Waals surface area (Å²) in [6.45, 7) is 8.53. The highest BCUT2D eigenvalue weighted by molar-refractivity contribution is 5.97. The Morgan fingerprint density at radius 3 is 2.56 bits per heavy atom. The van der Waals surface area contributed by atoms with Gasteiger partial charge in [0.1, 0.15) is 5.75 Å². The molecule has 1 aliphatic heterocycles. The van der Waals surface area contributed by atoms with Gasteiger partial charge in [-0.25, -0.2) is 9.67 Å². The fraction of sp³-hybridized carbons (Fsp3) is 0.333. The van der Waals surface area contributed by atoms with E-state index in [1.165, 1.54) is 0 Å². The average Bonchev–Trinajstić information content (AvgIpc) is 3.32. The van der Waals surface area contributed by atoms with Crippen LogP contribution in [0.4, 0.5) is 0 Å². The second kappa shape index (κ2) is 8.71. The molecule has 0 fully saturated rings. The van der Waals surface area contributed by atoms with Crippen LogP contribution in [0.2, 0.25) is 0 Å². The molecule has 0 saturated carbocycles. The first kappa shape index (κ1) is 21.4. The van der Waals surface area contributed by atoms with Gasteiger partial charge in [-0.15, -0.1) is 0 Å². The number of benzene rings is 1. The number of nitriles is 1. The lowest BCUT2D eigenvalue weighted by molar-refractivity contribution is 0.0743. The van der Waals surface area contributed by atoms with E-state index in [0.29, 0.717) is 35.8 Å². The van der Waals surface area contributed by atoms with E-state index in [9.17, 15) is 10.1 Å². The molecule has 0 saturated heterocycles. The van der Waals surface area contributed by atoms with Gasteiger partial charge in [0.15, 0.2) is 0 Å². The van der Waals surface area contributed by atoms with Crippen molar-refractivity contribution in [1.82, 2.24) is 19.7 Å². The third-order valence-corrected chi connectivity index (χ3v) is 4.91. The minimum atomic E-state index is -0.182. The fourth-order valence-electron chi connectivity index (χ4n) is 3.57. The number of hydrogen-bond acceptors (Lipinski definition) is 6. The standard InChI is InChI=1S/C24H25N5O3/c1-15(2)31-22-6-5-17(11-25)9-20(22)24(30)28-12-18-13-29(27-21(18)14-28)19-7-8-26-23(10-19)32-16(3)4/h5-10,13,15-16H,12,14H2,1-4H3. The Morgan fingerprint density at radius 1 is 1.09 bits per heavy atom. The van der Waals surface area contributed by atoms with Crippen LogP contribution in [0, 0.1) is 11.3 Å². The summed E-state index contributed by atoms with van der Waals surface area (Å²) in [5.74, 6) is 0.840. The largest absolute Gasteiger partial charge is 0.490 e. The molecule has 8 nitrogen and oxygen atoms in total. The van der Waals surface area contributed by atoms with Gasteiger partial charge in [-0.05, 0) is 52.0 Å². The van der Waals surface area contributed by atoms with E-state index in [1.807, 2.05) is 46.0 Å². The van der Waals surface area contributed by atoms with E-state index in [-0.39, 0.29) is 18.1 Å². The maximum atomic E-state index is 13.3. The highest BCUT2D eigenvalue weighted by Crippen LogP contribution is 2.29. The van der Waals surface area contributed by atoms with Gasteiger partial charge in [0.05, 0.1) is 47.3 Å². The van der Waals surface area contributed by atoms with Crippen molar-refractivity contribution in [2.45, 2.75) is 53.0 Å². The van der Waals surface area contributed by atoms with E-state index < -0.39 is 0 Å². The minimum absolute atomic E-state index is 0.0315. The van der Waals surface area contributed by atoms with Gasteiger partial charge < -0.3 is 14.4 Å². The molecule has 2 aromatic heterocycles. The number of pyridine rings is 1. The zero-order valence-electron chi connectivity index (χ0n) is 18.6. The monoisotopic (exact) mass is 431 g/mol. The summed E-state index contributed by atoms with van der Waals surface area (Å²) in [6, 6.07) is 10.7. The normalized spacial score (nSPS) is 12.7. The third-order valence-electron chi connectivity index (χ3n) is 4.91. The smallest absolute Gasteiger partial charge is 0.258 e. The third kappa shape index (κ3) is 4.42. The fourth-order valence-corrected chi connectivity index (χ4v) is 3.57. The number of ether oxygens (including phenoxy) is 2. The number of amides is 1. The first-order valence-electron chi connectivity index (χ1n) is 10.5. The Kier molecular flexibility index (Phi) is 5.82. The Hall–Kier alpha value is -3.86. The summed E-state index contributed by atoms with van der Waals surface area (Å²) in [4.78, 5) is 19.2. The minimum Gasteiger partial charge on any atom is -0.490 e. The van der Waals surface area contributed by atoms with Crippen molar-refractivity contribution < 1.29 is 14.3 Å². The number of fused-ring (bicyclic) bond motifs is 1. The summed E-state index contributed by atoms with van der Waals surface area (Å²) in [7, 11) is 0. The molecule has 0 atom stereocenters. The summed E-state index contributed by atoms with van der Waals surface area (Å²) >= 11 is 0. The average molecular weight is 431 g/mol. The predicted molar refractivity (Wildman–Crippen MR) is 118 cm³/mol. The highest BCUT2D eigenvalue weighted by atomic mass is 16.5. The van der Waals surface area contributed by atoms with Gasteiger partial charge in [0.25, 0.3) is 5.91 Å². The number of carbonyl (C=O) groups is 1. The summed E-state index contributed by atoms with van der Waals surface area (Å²) < 4.78 is 13.3. The number of carbonyl (C=O) groups excluding carboxylic acids is 1. The molecule has 0 aliphatic carbocycles. The molecule has 1 aliphatic rings. The number of rotatable bonds is 6. The van der Waals surface area contributed by atoms with Gasteiger partial charge in [-0.2, -0.15) is 10.4 Å². The lowest BCUT2D eigenvalue weighted by atomic mass is 10.1. The first-order valence-corrected chi connectivity index (χ1v) is 10.5. The molecule has 0 spiro atoms. The zero-order chi connectivity index (χ0) is 22.8. The quantitative estimate of drug-likeness (QED) is 0.588. The van der Waals surface area contributed by atoms with Gasteiger partial charge in [-0.1, -0.05) is 0 Å². The highest BCUT2D eigenvalue weighted by Gasteiger charge is 2.29. The Morgan fingerprint density at radius 2 is 1.88 bits per heavy atom. The molecule has 0 bridgehead atoms. The van der Waals surface area contributed by atoms with E-state index >= 15 is 0 Å². The van der Waals surface area contributed by atoms with Gasteiger partial charge in [-0.3, -0.25) is 4.79 Å². The van der Waals surface area contributed by atoms with Crippen LogP contribution in [0.1, 0.15) is 54.9 Å². The van der Waals surface area contributed by atoms with Crippen LogP contribution in [0.5, 0.6) is 11.6 Å². The molecule has 4 rings (SSSR count). The van der Waals surface area contributed by atoms with Gasteiger partial charge in [0, 0.05) is 30.6 Å². The molecule has 1 aromatic carbocycles. The first-order chi connectivity index (χ1) is 15.3. The van der Waals surface area contributed by atoms with Crippen molar-refractivity contribution in [2.24, 2.45) is 0 Å². The van der Waals surface area contributed by atoms with Gasteiger partial charge >= 0.3 is 0 Å². The maximum absolute atomic E-state index is 13.3. The van der Waals surface area contributed by atoms with Crippen LogP contribution in [0.25, 0.3) is 5.69 Å². The lowest BCUT2D eigenvalue weighted by Crippen LogP contribution is -2.27. The van der Waals surface area contributed by atoms with E-state index in [0.717, 1.165) is 16.9 Å². The predicted octanol–water partition coefficient (Wildman–Crippen LogP) is 3.87. The molecule has 32 heavy (non-hydrogen) atoms. The Balaban J connectivity index is 1.54. The Labute approximate surface area is 187 Å². The van der Waals surface area contributed by atoms with Crippen LogP contribution in [0.3, 0.4) is 0 Å². The van der Waals surface area contributed by atoms with E-state index in [2.05, 4.69) is 16.2 Å². The summed E-state index contributed by atoms with van der Waals surface area (Å²) in [5.41, 5.74) is 3.47. The van der Waals surface area contributed by atoms with Crippen molar-refractivity contribution in [1.29, 1.82) is 5.26 Å². The molecule has 8 heteroatoms. The van der Waals surface area contributed by atoms with Crippen molar-refractivity contribution >= 4 is 5.91 Å². The molecular weight excluding hydrogens is 406 g/mol. The Bertz CT molecular complexity index is 1170. The van der Waals surface area contributed by atoms with E-state index in [4.69, 9.17) is 9.47 Å². The van der Waals surface area contributed by atoms with Crippen LogP contribution < -0.4 is 9.47 Å². The van der Waals surface area contributed by atoms with Crippen LogP contribution >= 0.6 is 0 Å². The van der Waals surface area contributed by atoms with E-state index in [1.54, 1.807) is 34.0 Å². The molecule has 3 heterocycles. The van der Waals surface area contributed by atoms with Crippen LogP contribution in [0.15, 0.2) is 42.7 Å². The zero-order valence-corrected chi connectivity index (χ0v) is 18.6. The molecule has 164 valence electrons. The SMILES string of the molecule is CC(C)Oc1cc(-n2cc3c(n2)CN(C(=O)c2cc(C#N)ccc2OC(C)C)C3)ccn1. The molecular formula is C24H25N5O3. The van der Waals surface area contributed by atoms with Gasteiger partial charge in [0.2, 0.25) is 5.88 Å². The number of hydrogen-bond donors (Lipinski definition) is 0. The number of nitrogens with zero attached hydrogens (tertiary/aromatic N) is 5. The van der Waals surface area contributed by atoms with Crippen molar-refractivity contribution in [3.63, 3.8) is 0 Å².